The number of rotatable bonds is 4. The largest absolute Gasteiger partial charge is 0.342 e. The van der Waals surface area contributed by atoms with Crippen LogP contribution in [0.1, 0.15) is 39.0 Å². The zero-order valence-electron chi connectivity index (χ0n) is 12.8. The molecule has 1 aliphatic rings. The minimum atomic E-state index is -0.825. The van der Waals surface area contributed by atoms with Crippen molar-refractivity contribution in [3.05, 3.63) is 20.8 Å². The van der Waals surface area contributed by atoms with Crippen LogP contribution in [0, 0.1) is 5.92 Å². The molecule has 1 aromatic rings. The van der Waals surface area contributed by atoms with Gasteiger partial charge in [-0.25, -0.2) is 0 Å². The van der Waals surface area contributed by atoms with Crippen molar-refractivity contribution < 1.29 is 9.59 Å². The van der Waals surface area contributed by atoms with Crippen molar-refractivity contribution in [2.45, 2.75) is 52.2 Å². The summed E-state index contributed by atoms with van der Waals surface area (Å²) in [4.78, 5) is 27.9. The average Bonchev–Trinajstić information content (AvgIpc) is 2.77. The lowest BCUT2D eigenvalue weighted by Gasteiger charge is -2.44. The highest BCUT2D eigenvalue weighted by Gasteiger charge is 2.46. The first kappa shape index (κ1) is 16.5. The molecule has 1 aromatic heterocycles. The Labute approximate surface area is 138 Å². The Kier molecular flexibility index (Phi) is 4.78. The molecule has 0 bridgehead atoms. The van der Waals surface area contributed by atoms with E-state index in [0.717, 1.165) is 9.35 Å². The molecule has 21 heavy (non-hydrogen) atoms. The standard InChI is InChI=1S/C15H21BrN2O2S/c1-9(2)7-11-13(19)18(15(3,4)14(20)17-11)8-12-10(16)5-6-21-12/h5-6,9,11H,7-8H2,1-4H3,(H,17,20). The number of hydrogen-bond acceptors (Lipinski definition) is 3. The summed E-state index contributed by atoms with van der Waals surface area (Å²) in [6, 6.07) is 1.55. The molecule has 1 saturated heterocycles. The topological polar surface area (TPSA) is 49.4 Å². The number of carbonyl (C=O) groups excluding carboxylic acids is 2. The number of carbonyl (C=O) groups is 2. The highest BCUT2D eigenvalue weighted by molar-refractivity contribution is 9.10. The monoisotopic (exact) mass is 372 g/mol. The van der Waals surface area contributed by atoms with Crippen molar-refractivity contribution in [3.63, 3.8) is 0 Å². The molecule has 1 atom stereocenters. The van der Waals surface area contributed by atoms with E-state index in [1.165, 1.54) is 0 Å². The Morgan fingerprint density at radius 2 is 2.10 bits per heavy atom. The number of nitrogens with one attached hydrogen (secondary N) is 1. The summed E-state index contributed by atoms with van der Waals surface area (Å²) in [5, 5.41) is 4.85. The van der Waals surface area contributed by atoms with Gasteiger partial charge in [0.05, 0.1) is 6.54 Å². The number of amides is 2. The van der Waals surface area contributed by atoms with Gasteiger partial charge in [0.2, 0.25) is 11.8 Å². The van der Waals surface area contributed by atoms with Crippen molar-refractivity contribution in [3.8, 4) is 0 Å². The maximum atomic E-state index is 12.8. The van der Waals surface area contributed by atoms with E-state index in [0.29, 0.717) is 18.9 Å². The average molecular weight is 373 g/mol. The summed E-state index contributed by atoms with van der Waals surface area (Å²) in [6.07, 6.45) is 0.669. The van der Waals surface area contributed by atoms with Crippen LogP contribution in [-0.4, -0.2) is 28.3 Å². The molecule has 0 aromatic carbocycles. The molecule has 0 radical (unpaired) electrons. The van der Waals surface area contributed by atoms with Crippen LogP contribution in [0.25, 0.3) is 0 Å². The fourth-order valence-corrected chi connectivity index (χ4v) is 3.94. The van der Waals surface area contributed by atoms with Crippen molar-refractivity contribution >= 4 is 39.1 Å². The minimum absolute atomic E-state index is 0.00796. The second kappa shape index (κ2) is 6.08. The maximum absolute atomic E-state index is 12.8. The van der Waals surface area contributed by atoms with Crippen molar-refractivity contribution in [2.24, 2.45) is 5.92 Å². The zero-order chi connectivity index (χ0) is 15.8. The molecule has 1 N–H and O–H groups in total. The fraction of sp³-hybridized carbons (Fsp3) is 0.600. The Balaban J connectivity index is 2.27. The van der Waals surface area contributed by atoms with E-state index in [1.54, 1.807) is 30.1 Å². The molecule has 0 spiro atoms. The van der Waals surface area contributed by atoms with Gasteiger partial charge in [-0.3, -0.25) is 9.59 Å². The summed E-state index contributed by atoms with van der Waals surface area (Å²) in [5.41, 5.74) is -0.825. The molecular formula is C15H21BrN2O2S. The highest BCUT2D eigenvalue weighted by atomic mass is 79.9. The molecule has 1 unspecified atom stereocenters. The molecular weight excluding hydrogens is 352 g/mol. The lowest BCUT2D eigenvalue weighted by atomic mass is 9.92. The first-order valence-corrected chi connectivity index (χ1v) is 8.75. The fourth-order valence-electron chi connectivity index (χ4n) is 2.47. The van der Waals surface area contributed by atoms with Gasteiger partial charge in [-0.2, -0.15) is 0 Å². The van der Waals surface area contributed by atoms with Gasteiger partial charge < -0.3 is 10.2 Å². The molecule has 2 heterocycles. The Morgan fingerprint density at radius 3 is 2.62 bits per heavy atom. The van der Waals surface area contributed by atoms with Gasteiger partial charge in [0, 0.05) is 9.35 Å². The Bertz CT molecular complexity index is 554. The van der Waals surface area contributed by atoms with E-state index in [-0.39, 0.29) is 11.8 Å². The van der Waals surface area contributed by atoms with E-state index in [2.05, 4.69) is 35.1 Å². The number of piperazine rings is 1. The number of nitrogens with zero attached hydrogens (tertiary/aromatic N) is 1. The number of hydrogen-bond donors (Lipinski definition) is 1. The van der Waals surface area contributed by atoms with Crippen LogP contribution in [-0.2, 0) is 16.1 Å². The Morgan fingerprint density at radius 1 is 1.43 bits per heavy atom. The molecule has 0 saturated carbocycles. The lowest BCUT2D eigenvalue weighted by molar-refractivity contribution is -0.156. The quantitative estimate of drug-likeness (QED) is 0.882. The molecule has 2 amide bonds. The lowest BCUT2D eigenvalue weighted by Crippen LogP contribution is -2.68. The molecule has 2 rings (SSSR count). The zero-order valence-corrected chi connectivity index (χ0v) is 15.2. The van der Waals surface area contributed by atoms with Crippen LogP contribution in [0.5, 0.6) is 0 Å². The third kappa shape index (κ3) is 3.31. The van der Waals surface area contributed by atoms with Crippen molar-refractivity contribution in [2.75, 3.05) is 0 Å². The van der Waals surface area contributed by atoms with Crippen LogP contribution in [0.4, 0.5) is 0 Å². The van der Waals surface area contributed by atoms with Gasteiger partial charge in [-0.05, 0) is 53.6 Å². The molecule has 4 nitrogen and oxygen atoms in total. The normalized spacial score (nSPS) is 21.8. The highest BCUT2D eigenvalue weighted by Crippen LogP contribution is 2.30. The maximum Gasteiger partial charge on any atom is 0.246 e. The van der Waals surface area contributed by atoms with E-state index in [1.807, 2.05) is 11.4 Å². The second-order valence-electron chi connectivity index (χ2n) is 6.33. The SMILES string of the molecule is CC(C)CC1NC(=O)C(C)(C)N(Cc2sccc2Br)C1=O. The summed E-state index contributed by atoms with van der Waals surface area (Å²) in [5.74, 6) is 0.282. The molecule has 0 aliphatic carbocycles. The minimum Gasteiger partial charge on any atom is -0.342 e. The van der Waals surface area contributed by atoms with Crippen LogP contribution >= 0.6 is 27.3 Å². The van der Waals surface area contributed by atoms with Crippen molar-refractivity contribution in [1.82, 2.24) is 10.2 Å². The van der Waals surface area contributed by atoms with E-state index in [4.69, 9.17) is 0 Å². The van der Waals surface area contributed by atoms with Crippen molar-refractivity contribution in [1.29, 1.82) is 0 Å². The van der Waals surface area contributed by atoms with E-state index >= 15 is 0 Å². The third-order valence-corrected chi connectivity index (χ3v) is 5.71. The van der Waals surface area contributed by atoms with Crippen LogP contribution in [0.15, 0.2) is 15.9 Å². The molecule has 116 valence electrons. The third-order valence-electron chi connectivity index (χ3n) is 3.80. The van der Waals surface area contributed by atoms with Gasteiger partial charge >= 0.3 is 0 Å². The molecule has 1 fully saturated rings. The van der Waals surface area contributed by atoms with Gasteiger partial charge in [0.15, 0.2) is 0 Å². The summed E-state index contributed by atoms with van der Waals surface area (Å²) < 4.78 is 0.988. The van der Waals surface area contributed by atoms with E-state index < -0.39 is 11.6 Å². The van der Waals surface area contributed by atoms with Gasteiger partial charge in [0.1, 0.15) is 11.6 Å². The molecule has 6 heteroatoms. The van der Waals surface area contributed by atoms with Gasteiger partial charge in [0.25, 0.3) is 0 Å². The number of thiophene rings is 1. The van der Waals surface area contributed by atoms with Crippen LogP contribution in [0.3, 0.4) is 0 Å². The predicted molar refractivity (Wildman–Crippen MR) is 88.0 cm³/mol. The van der Waals surface area contributed by atoms with Crippen LogP contribution < -0.4 is 5.32 Å². The van der Waals surface area contributed by atoms with E-state index in [9.17, 15) is 9.59 Å². The smallest absolute Gasteiger partial charge is 0.246 e. The molecule has 1 aliphatic heterocycles. The summed E-state index contributed by atoms with van der Waals surface area (Å²) in [6.45, 7) is 8.17. The summed E-state index contributed by atoms with van der Waals surface area (Å²) >= 11 is 5.08. The van der Waals surface area contributed by atoms with Gasteiger partial charge in [-0.1, -0.05) is 13.8 Å². The number of halogens is 1. The Hall–Kier alpha value is -0.880. The predicted octanol–water partition coefficient (Wildman–Crippen LogP) is 3.16. The summed E-state index contributed by atoms with van der Waals surface area (Å²) in [7, 11) is 0. The second-order valence-corrected chi connectivity index (χ2v) is 8.19. The first-order chi connectivity index (χ1) is 9.73. The van der Waals surface area contributed by atoms with Crippen LogP contribution in [0.2, 0.25) is 0 Å². The first-order valence-electron chi connectivity index (χ1n) is 7.07. The van der Waals surface area contributed by atoms with Gasteiger partial charge in [-0.15, -0.1) is 11.3 Å².